The van der Waals surface area contributed by atoms with Crippen LogP contribution in [0.3, 0.4) is 0 Å². The second-order valence-corrected chi connectivity index (χ2v) is 8.24. The van der Waals surface area contributed by atoms with E-state index in [2.05, 4.69) is 34.6 Å². The molecule has 0 spiro atoms. The van der Waals surface area contributed by atoms with Crippen molar-refractivity contribution in [2.45, 2.75) is 44.3 Å². The zero-order valence-corrected chi connectivity index (χ0v) is 13.8. The van der Waals surface area contributed by atoms with Crippen molar-refractivity contribution >= 4 is 0 Å². The SMILES string of the molecule is CC(C)CCOCC[O][Y][CH2]C(C)(C)C. The van der Waals surface area contributed by atoms with Crippen molar-refractivity contribution in [3.05, 3.63) is 0 Å². The minimum atomic E-state index is -0.752. The van der Waals surface area contributed by atoms with Crippen molar-refractivity contribution in [2.75, 3.05) is 19.8 Å². The van der Waals surface area contributed by atoms with Gasteiger partial charge in [-0.25, -0.2) is 0 Å². The van der Waals surface area contributed by atoms with E-state index in [1.807, 2.05) is 0 Å². The van der Waals surface area contributed by atoms with E-state index in [-0.39, 0.29) is 0 Å². The zero-order chi connectivity index (χ0) is 11.7. The van der Waals surface area contributed by atoms with E-state index in [9.17, 15) is 0 Å². The zero-order valence-electron chi connectivity index (χ0n) is 11.0. The molecule has 0 N–H and O–H groups in total. The van der Waals surface area contributed by atoms with Gasteiger partial charge in [-0.2, -0.15) is 0 Å². The van der Waals surface area contributed by atoms with Gasteiger partial charge in [-0.05, 0) is 0 Å². The summed E-state index contributed by atoms with van der Waals surface area (Å²) in [5.74, 6) is 0.740. The van der Waals surface area contributed by atoms with E-state index in [4.69, 9.17) is 6.79 Å². The van der Waals surface area contributed by atoms with Crippen LogP contribution < -0.4 is 0 Å². The molecule has 0 saturated carbocycles. The Morgan fingerprint density at radius 2 is 1.73 bits per heavy atom. The minimum absolute atomic E-state index is 0.458. The van der Waals surface area contributed by atoms with E-state index in [0.29, 0.717) is 5.41 Å². The molecule has 0 bridgehead atoms. The first-order valence-corrected chi connectivity index (χ1v) is 9.09. The van der Waals surface area contributed by atoms with Crippen LogP contribution in [0.25, 0.3) is 0 Å². The van der Waals surface area contributed by atoms with Crippen LogP contribution in [-0.4, -0.2) is 19.8 Å². The molecule has 15 heavy (non-hydrogen) atoms. The molecule has 89 valence electrons. The topological polar surface area (TPSA) is 18.5 Å². The molecule has 0 aromatic heterocycles. The Bertz CT molecular complexity index is 141. The van der Waals surface area contributed by atoms with Crippen LogP contribution in [0, 0.1) is 11.3 Å². The van der Waals surface area contributed by atoms with Crippen molar-refractivity contribution in [1.29, 1.82) is 0 Å². The van der Waals surface area contributed by atoms with Gasteiger partial charge in [0.1, 0.15) is 0 Å². The number of rotatable bonds is 8. The Kier molecular flexibility index (Phi) is 9.72. The fourth-order valence-electron chi connectivity index (χ4n) is 0.920. The van der Waals surface area contributed by atoms with Crippen LogP contribution in [0.1, 0.15) is 41.0 Å². The van der Waals surface area contributed by atoms with Gasteiger partial charge in [0.2, 0.25) is 0 Å². The average molecular weight is 291 g/mol. The van der Waals surface area contributed by atoms with Gasteiger partial charge in [0.05, 0.1) is 0 Å². The molecule has 0 rings (SSSR count). The van der Waals surface area contributed by atoms with Crippen LogP contribution in [0.4, 0.5) is 0 Å². The Hall–Kier alpha value is 1.02. The quantitative estimate of drug-likeness (QED) is 0.637. The molecule has 2 nitrogen and oxygen atoms in total. The van der Waals surface area contributed by atoms with Crippen LogP contribution in [0.2, 0.25) is 3.23 Å². The van der Waals surface area contributed by atoms with Crippen LogP contribution >= 0.6 is 0 Å². The Morgan fingerprint density at radius 3 is 2.27 bits per heavy atom. The van der Waals surface area contributed by atoms with E-state index in [1.54, 1.807) is 0 Å². The molecule has 0 atom stereocenters. The standard InChI is InChI=1S/C7H15O2.C5H11.Y/c1-7(2)3-5-9-6-4-8;1-5(2,3)4;/h7H,3-6H2,1-2H3;1H2,2-4H3;/q-1;;+1. The number of hydrogen-bond acceptors (Lipinski definition) is 2. The van der Waals surface area contributed by atoms with Crippen LogP contribution in [0.5, 0.6) is 0 Å². The summed E-state index contributed by atoms with van der Waals surface area (Å²) >= 11 is -0.752. The molecule has 0 saturated heterocycles. The third kappa shape index (κ3) is 15.0. The molecule has 0 unspecified atom stereocenters. The molecular weight excluding hydrogens is 265 g/mol. The van der Waals surface area contributed by atoms with Crippen molar-refractivity contribution < 1.29 is 36.5 Å². The maximum absolute atomic E-state index is 5.68. The van der Waals surface area contributed by atoms with Gasteiger partial charge in [-0.3, -0.25) is 0 Å². The van der Waals surface area contributed by atoms with Crippen molar-refractivity contribution in [3.8, 4) is 0 Å². The second-order valence-electron chi connectivity index (χ2n) is 5.60. The van der Waals surface area contributed by atoms with Gasteiger partial charge in [0, 0.05) is 0 Å². The first-order valence-electron chi connectivity index (χ1n) is 5.93. The summed E-state index contributed by atoms with van der Waals surface area (Å²) in [5.41, 5.74) is 0.458. The Morgan fingerprint density at radius 1 is 1.07 bits per heavy atom. The molecule has 0 aromatic rings. The predicted octanol–water partition coefficient (Wildman–Crippen LogP) is 3.53. The molecule has 0 heterocycles. The fraction of sp³-hybridized carbons (Fsp3) is 1.00. The summed E-state index contributed by atoms with van der Waals surface area (Å²) < 4.78 is 12.5. The predicted molar refractivity (Wildman–Crippen MR) is 60.5 cm³/mol. The summed E-state index contributed by atoms with van der Waals surface area (Å²) in [6.45, 7) is 13.8. The Balaban J connectivity index is 3.06. The van der Waals surface area contributed by atoms with Gasteiger partial charge in [-0.15, -0.1) is 0 Å². The van der Waals surface area contributed by atoms with Gasteiger partial charge in [-0.1, -0.05) is 0 Å². The summed E-state index contributed by atoms with van der Waals surface area (Å²) in [4.78, 5) is 0. The molecule has 0 aliphatic rings. The first kappa shape index (κ1) is 16.0. The summed E-state index contributed by atoms with van der Waals surface area (Å²) in [5, 5.41) is 0. The molecule has 3 heteroatoms. The molecule has 0 aliphatic carbocycles. The third-order valence-electron chi connectivity index (χ3n) is 2.00. The van der Waals surface area contributed by atoms with E-state index >= 15 is 0 Å². The van der Waals surface area contributed by atoms with Gasteiger partial charge < -0.3 is 0 Å². The van der Waals surface area contributed by atoms with Gasteiger partial charge in [0.25, 0.3) is 0 Å². The van der Waals surface area contributed by atoms with Gasteiger partial charge >= 0.3 is 112 Å². The molecular formula is C12H26O2Y. The number of hydrogen-bond donors (Lipinski definition) is 0. The molecule has 0 fully saturated rings. The molecule has 0 aliphatic heterocycles. The average Bonchev–Trinajstić information content (AvgIpc) is 2.07. The summed E-state index contributed by atoms with van der Waals surface area (Å²) in [7, 11) is 0. The fourth-order valence-corrected chi connectivity index (χ4v) is 3.09. The molecule has 0 amide bonds. The molecule has 0 aromatic carbocycles. The van der Waals surface area contributed by atoms with Crippen molar-refractivity contribution in [3.63, 3.8) is 0 Å². The third-order valence-corrected chi connectivity index (χ3v) is 6.58. The normalized spacial score (nSPS) is 11.9. The first-order chi connectivity index (χ1) is 6.92. The van der Waals surface area contributed by atoms with Crippen molar-refractivity contribution in [1.82, 2.24) is 0 Å². The number of ether oxygens (including phenoxy) is 1. The van der Waals surface area contributed by atoms with Crippen molar-refractivity contribution in [2.24, 2.45) is 11.3 Å². The summed E-state index contributed by atoms with van der Waals surface area (Å²) in [6, 6.07) is 0. The van der Waals surface area contributed by atoms with E-state index in [0.717, 1.165) is 32.2 Å². The summed E-state index contributed by atoms with van der Waals surface area (Å²) in [6.07, 6.45) is 1.16. The van der Waals surface area contributed by atoms with E-state index < -0.39 is 29.7 Å². The maximum atomic E-state index is 5.68. The Labute approximate surface area is 111 Å². The molecule has 0 radical (unpaired) electrons. The monoisotopic (exact) mass is 291 g/mol. The van der Waals surface area contributed by atoms with E-state index in [1.165, 1.54) is 3.23 Å². The second kappa shape index (κ2) is 9.10. The van der Waals surface area contributed by atoms with Crippen LogP contribution in [-0.2, 0) is 36.5 Å². The van der Waals surface area contributed by atoms with Crippen LogP contribution in [0.15, 0.2) is 0 Å². The van der Waals surface area contributed by atoms with Gasteiger partial charge in [0.15, 0.2) is 0 Å².